The Bertz CT molecular complexity index is 1620. The number of methoxy groups -OCH3 is 1. The minimum Gasteiger partial charge on any atom is -0.495 e. The second-order valence-electron chi connectivity index (χ2n) is 7.84. The third kappa shape index (κ3) is 3.40. The van der Waals surface area contributed by atoms with E-state index in [1.165, 1.54) is 4.57 Å². The van der Waals surface area contributed by atoms with Crippen LogP contribution in [0.3, 0.4) is 0 Å². The number of nitrogens with zero attached hydrogens (tertiary/aromatic N) is 3. The SMILES string of the molecule is CCCn1c(=O)c(-c2nc3ccccc3c(=O)n2-c2ccccc2OC)cc2ccccc21. The Balaban J connectivity index is 1.95. The number of benzene rings is 3. The first-order chi connectivity index (χ1) is 16.1. The molecule has 2 heterocycles. The Morgan fingerprint density at radius 3 is 2.42 bits per heavy atom. The Labute approximate surface area is 190 Å². The lowest BCUT2D eigenvalue weighted by Gasteiger charge is -2.18. The van der Waals surface area contributed by atoms with Crippen LogP contribution in [0.2, 0.25) is 0 Å². The molecule has 0 aliphatic heterocycles. The van der Waals surface area contributed by atoms with Crippen molar-refractivity contribution in [3.8, 4) is 22.8 Å². The van der Waals surface area contributed by atoms with Crippen molar-refractivity contribution >= 4 is 21.8 Å². The predicted octanol–water partition coefficient (Wildman–Crippen LogP) is 4.79. The van der Waals surface area contributed by atoms with Crippen LogP contribution in [0.25, 0.3) is 38.9 Å². The fourth-order valence-corrected chi connectivity index (χ4v) is 4.28. The van der Waals surface area contributed by atoms with Gasteiger partial charge in [-0.2, -0.15) is 0 Å². The van der Waals surface area contributed by atoms with Gasteiger partial charge in [0, 0.05) is 6.54 Å². The molecule has 0 amide bonds. The quantitative estimate of drug-likeness (QED) is 0.397. The van der Waals surface area contributed by atoms with Crippen molar-refractivity contribution in [3.63, 3.8) is 0 Å². The molecule has 0 unspecified atom stereocenters. The van der Waals surface area contributed by atoms with Gasteiger partial charge in [-0.05, 0) is 48.2 Å². The summed E-state index contributed by atoms with van der Waals surface area (Å²) in [4.78, 5) is 32.3. The van der Waals surface area contributed by atoms with Gasteiger partial charge in [0.15, 0.2) is 5.82 Å². The topological polar surface area (TPSA) is 66.1 Å². The molecule has 0 aliphatic carbocycles. The monoisotopic (exact) mass is 437 g/mol. The molecule has 164 valence electrons. The molecule has 0 atom stereocenters. The summed E-state index contributed by atoms with van der Waals surface area (Å²) in [5.74, 6) is 0.816. The van der Waals surface area contributed by atoms with Gasteiger partial charge in [-0.1, -0.05) is 49.4 Å². The average molecular weight is 437 g/mol. The molecule has 0 aliphatic rings. The second kappa shape index (κ2) is 8.39. The van der Waals surface area contributed by atoms with Gasteiger partial charge in [-0.25, -0.2) is 4.98 Å². The third-order valence-electron chi connectivity index (χ3n) is 5.79. The van der Waals surface area contributed by atoms with Crippen LogP contribution in [-0.4, -0.2) is 21.2 Å². The number of aromatic nitrogens is 3. The summed E-state index contributed by atoms with van der Waals surface area (Å²) >= 11 is 0. The Kier molecular flexibility index (Phi) is 5.26. The molecule has 6 heteroatoms. The van der Waals surface area contributed by atoms with Crippen LogP contribution < -0.4 is 15.9 Å². The van der Waals surface area contributed by atoms with Crippen LogP contribution in [0.5, 0.6) is 5.75 Å². The van der Waals surface area contributed by atoms with Crippen LogP contribution in [0.1, 0.15) is 13.3 Å². The highest BCUT2D eigenvalue weighted by atomic mass is 16.5. The second-order valence-corrected chi connectivity index (χ2v) is 7.84. The number of ether oxygens (including phenoxy) is 1. The summed E-state index contributed by atoms with van der Waals surface area (Å²) in [6, 6.07) is 24.0. The van der Waals surface area contributed by atoms with E-state index in [0.717, 1.165) is 17.3 Å². The molecular formula is C27H23N3O3. The van der Waals surface area contributed by atoms with Crippen LogP contribution in [0.4, 0.5) is 0 Å². The van der Waals surface area contributed by atoms with Gasteiger partial charge in [-0.3, -0.25) is 14.2 Å². The normalized spacial score (nSPS) is 11.2. The van der Waals surface area contributed by atoms with Crippen molar-refractivity contribution in [3.05, 3.63) is 99.6 Å². The lowest BCUT2D eigenvalue weighted by Crippen LogP contribution is -2.27. The maximum absolute atomic E-state index is 13.7. The summed E-state index contributed by atoms with van der Waals surface area (Å²) in [5.41, 5.74) is 1.87. The van der Waals surface area contributed by atoms with Gasteiger partial charge >= 0.3 is 0 Å². The smallest absolute Gasteiger partial charge is 0.266 e. The minimum absolute atomic E-state index is 0.179. The highest BCUT2D eigenvalue weighted by Gasteiger charge is 2.21. The predicted molar refractivity (Wildman–Crippen MR) is 131 cm³/mol. The molecule has 3 aromatic carbocycles. The van der Waals surface area contributed by atoms with Crippen molar-refractivity contribution in [2.45, 2.75) is 19.9 Å². The van der Waals surface area contributed by atoms with E-state index in [9.17, 15) is 9.59 Å². The summed E-state index contributed by atoms with van der Waals surface area (Å²) in [5, 5.41) is 1.39. The highest BCUT2D eigenvalue weighted by molar-refractivity contribution is 5.85. The van der Waals surface area contributed by atoms with Crippen molar-refractivity contribution in [1.82, 2.24) is 14.1 Å². The Morgan fingerprint density at radius 2 is 1.61 bits per heavy atom. The van der Waals surface area contributed by atoms with Gasteiger partial charge in [-0.15, -0.1) is 0 Å². The molecule has 5 rings (SSSR count). The molecule has 0 N–H and O–H groups in total. The fourth-order valence-electron chi connectivity index (χ4n) is 4.28. The molecule has 0 spiro atoms. The lowest BCUT2D eigenvalue weighted by atomic mass is 10.1. The van der Waals surface area contributed by atoms with E-state index in [-0.39, 0.29) is 11.1 Å². The number of hydrogen-bond donors (Lipinski definition) is 0. The molecule has 6 nitrogen and oxygen atoms in total. The highest BCUT2D eigenvalue weighted by Crippen LogP contribution is 2.27. The van der Waals surface area contributed by atoms with Gasteiger partial charge in [0.1, 0.15) is 5.75 Å². The number of aryl methyl sites for hydroxylation is 1. The molecular weight excluding hydrogens is 414 g/mol. The van der Waals surface area contributed by atoms with E-state index in [4.69, 9.17) is 9.72 Å². The fraction of sp³-hybridized carbons (Fsp3) is 0.148. The largest absolute Gasteiger partial charge is 0.495 e. The minimum atomic E-state index is -0.255. The van der Waals surface area contributed by atoms with Crippen molar-refractivity contribution in [2.24, 2.45) is 0 Å². The van der Waals surface area contributed by atoms with Gasteiger partial charge in [0.05, 0.1) is 34.8 Å². The average Bonchev–Trinajstić information content (AvgIpc) is 2.85. The van der Waals surface area contributed by atoms with Crippen LogP contribution in [-0.2, 0) is 6.54 Å². The molecule has 0 saturated carbocycles. The number of fused-ring (bicyclic) bond motifs is 2. The van der Waals surface area contributed by atoms with Gasteiger partial charge in [0.2, 0.25) is 0 Å². The summed E-state index contributed by atoms with van der Waals surface area (Å²) in [6.45, 7) is 2.60. The maximum atomic E-state index is 13.7. The Hall–Kier alpha value is -4.19. The van der Waals surface area contributed by atoms with E-state index in [0.29, 0.717) is 40.3 Å². The van der Waals surface area contributed by atoms with Crippen LogP contribution in [0, 0.1) is 0 Å². The number of pyridine rings is 1. The number of para-hydroxylation sites is 4. The molecule has 0 bridgehead atoms. The first kappa shape index (κ1) is 20.7. The standard InChI is InChI=1S/C27H23N3O3/c1-3-16-29-22-13-7-4-10-18(22)17-20(26(29)31)25-28-21-12-6-5-11-19(21)27(32)30(25)23-14-8-9-15-24(23)33-2/h4-15,17H,3,16H2,1-2H3. The molecule has 2 aromatic heterocycles. The number of rotatable bonds is 5. The van der Waals surface area contributed by atoms with Crippen molar-refractivity contribution in [2.75, 3.05) is 7.11 Å². The first-order valence-corrected chi connectivity index (χ1v) is 10.9. The molecule has 5 aromatic rings. The first-order valence-electron chi connectivity index (χ1n) is 10.9. The summed E-state index contributed by atoms with van der Waals surface area (Å²) in [7, 11) is 1.56. The zero-order chi connectivity index (χ0) is 22.9. The third-order valence-corrected chi connectivity index (χ3v) is 5.79. The number of hydrogen-bond acceptors (Lipinski definition) is 4. The molecule has 0 fully saturated rings. The maximum Gasteiger partial charge on any atom is 0.266 e. The van der Waals surface area contributed by atoms with E-state index < -0.39 is 0 Å². The lowest BCUT2D eigenvalue weighted by molar-refractivity contribution is 0.412. The molecule has 0 radical (unpaired) electrons. The van der Waals surface area contributed by atoms with Crippen LogP contribution >= 0.6 is 0 Å². The van der Waals surface area contributed by atoms with Gasteiger partial charge < -0.3 is 9.30 Å². The van der Waals surface area contributed by atoms with E-state index in [1.54, 1.807) is 35.9 Å². The van der Waals surface area contributed by atoms with E-state index in [1.807, 2.05) is 61.5 Å². The zero-order valence-electron chi connectivity index (χ0n) is 18.5. The van der Waals surface area contributed by atoms with Crippen LogP contribution in [0.15, 0.2) is 88.5 Å². The van der Waals surface area contributed by atoms with Crippen molar-refractivity contribution < 1.29 is 4.74 Å². The van der Waals surface area contributed by atoms with Crippen molar-refractivity contribution in [1.29, 1.82) is 0 Å². The van der Waals surface area contributed by atoms with E-state index >= 15 is 0 Å². The summed E-state index contributed by atoms with van der Waals surface area (Å²) < 4.78 is 8.80. The Morgan fingerprint density at radius 1 is 0.879 bits per heavy atom. The summed E-state index contributed by atoms with van der Waals surface area (Å²) in [6.07, 6.45) is 0.803. The van der Waals surface area contributed by atoms with E-state index in [2.05, 4.69) is 0 Å². The zero-order valence-corrected chi connectivity index (χ0v) is 18.5. The van der Waals surface area contributed by atoms with Gasteiger partial charge in [0.25, 0.3) is 11.1 Å². The molecule has 0 saturated heterocycles. The molecule has 33 heavy (non-hydrogen) atoms.